The van der Waals surface area contributed by atoms with Gasteiger partial charge in [-0.2, -0.15) is 0 Å². The van der Waals surface area contributed by atoms with Crippen molar-refractivity contribution in [3.8, 4) is 0 Å². The minimum absolute atomic E-state index is 0.0682. The number of piperazine rings is 1. The quantitative estimate of drug-likeness (QED) is 0.827. The van der Waals surface area contributed by atoms with E-state index in [1.165, 1.54) is 7.11 Å². The van der Waals surface area contributed by atoms with Crippen molar-refractivity contribution in [1.82, 2.24) is 10.2 Å². The zero-order valence-electron chi connectivity index (χ0n) is 14.4. The van der Waals surface area contributed by atoms with Crippen molar-refractivity contribution in [2.45, 2.75) is 32.7 Å². The maximum Gasteiger partial charge on any atom is 0.337 e. The molecular weight excluding hydrogens is 308 g/mol. The van der Waals surface area contributed by atoms with Crippen LogP contribution in [0.25, 0.3) is 0 Å². The first kappa shape index (κ1) is 18.0. The second kappa shape index (κ2) is 7.95. The lowest BCUT2D eigenvalue weighted by molar-refractivity contribution is -0.143. The van der Waals surface area contributed by atoms with Gasteiger partial charge in [0.2, 0.25) is 11.8 Å². The van der Waals surface area contributed by atoms with E-state index in [1.807, 2.05) is 13.8 Å². The second-order valence-corrected chi connectivity index (χ2v) is 6.39. The van der Waals surface area contributed by atoms with Crippen molar-refractivity contribution in [3.05, 3.63) is 35.4 Å². The van der Waals surface area contributed by atoms with Crippen molar-refractivity contribution < 1.29 is 19.1 Å². The molecule has 1 saturated heterocycles. The van der Waals surface area contributed by atoms with Crippen molar-refractivity contribution in [1.29, 1.82) is 0 Å². The van der Waals surface area contributed by atoms with Crippen LogP contribution in [0.2, 0.25) is 0 Å². The van der Waals surface area contributed by atoms with Gasteiger partial charge in [0.1, 0.15) is 6.04 Å². The van der Waals surface area contributed by atoms with E-state index >= 15 is 0 Å². The minimum Gasteiger partial charge on any atom is -0.465 e. The van der Waals surface area contributed by atoms with Crippen LogP contribution in [0.1, 0.15) is 36.2 Å². The van der Waals surface area contributed by atoms with Crippen LogP contribution in [0.15, 0.2) is 24.3 Å². The van der Waals surface area contributed by atoms with Crippen molar-refractivity contribution >= 4 is 17.8 Å². The maximum absolute atomic E-state index is 12.6. The standard InChI is InChI=1S/C18H24N2O4/c1-12(2)10-15-17(22)19-8-9-20(15)16(21)11-13-4-6-14(7-5-13)18(23)24-3/h4-7,12,15H,8-11H2,1-3H3,(H,19,22)/t15-/m0/s1. The molecule has 1 aliphatic rings. The molecule has 1 fully saturated rings. The average molecular weight is 332 g/mol. The Morgan fingerprint density at radius 2 is 1.96 bits per heavy atom. The van der Waals surface area contributed by atoms with Gasteiger partial charge < -0.3 is 15.0 Å². The first-order valence-corrected chi connectivity index (χ1v) is 8.16. The topological polar surface area (TPSA) is 75.7 Å². The summed E-state index contributed by atoms with van der Waals surface area (Å²) in [6.07, 6.45) is 0.863. The number of carbonyl (C=O) groups is 3. The molecule has 1 N–H and O–H groups in total. The lowest BCUT2D eigenvalue weighted by atomic mass is 9.99. The molecule has 0 aromatic heterocycles. The van der Waals surface area contributed by atoms with Gasteiger partial charge in [-0.05, 0) is 30.0 Å². The predicted octanol–water partition coefficient (Wildman–Crippen LogP) is 1.39. The molecule has 0 aliphatic carbocycles. The van der Waals surface area contributed by atoms with E-state index in [-0.39, 0.29) is 18.2 Å². The molecule has 1 aromatic rings. The number of hydrogen-bond acceptors (Lipinski definition) is 4. The third-order valence-corrected chi connectivity index (χ3v) is 4.08. The summed E-state index contributed by atoms with van der Waals surface area (Å²) in [6.45, 7) is 5.09. The summed E-state index contributed by atoms with van der Waals surface area (Å²) in [5.74, 6) is -0.225. The number of ether oxygens (including phenoxy) is 1. The van der Waals surface area contributed by atoms with Crippen LogP contribution in [0.3, 0.4) is 0 Å². The Balaban J connectivity index is 2.06. The van der Waals surface area contributed by atoms with Crippen LogP contribution in [0.4, 0.5) is 0 Å². The molecule has 1 atom stereocenters. The van der Waals surface area contributed by atoms with Gasteiger partial charge in [0.15, 0.2) is 0 Å². The van der Waals surface area contributed by atoms with Crippen molar-refractivity contribution in [2.75, 3.05) is 20.2 Å². The van der Waals surface area contributed by atoms with Crippen LogP contribution in [-0.2, 0) is 20.7 Å². The Kier molecular flexibility index (Phi) is 5.95. The van der Waals surface area contributed by atoms with Gasteiger partial charge in [-0.3, -0.25) is 9.59 Å². The molecule has 130 valence electrons. The Morgan fingerprint density at radius 1 is 1.29 bits per heavy atom. The highest BCUT2D eigenvalue weighted by molar-refractivity contribution is 5.90. The highest BCUT2D eigenvalue weighted by Gasteiger charge is 2.33. The minimum atomic E-state index is -0.405. The summed E-state index contributed by atoms with van der Waals surface area (Å²) >= 11 is 0. The summed E-state index contributed by atoms with van der Waals surface area (Å²) in [6, 6.07) is 6.36. The fraction of sp³-hybridized carbons (Fsp3) is 0.500. The summed E-state index contributed by atoms with van der Waals surface area (Å²) in [5.41, 5.74) is 1.26. The molecule has 0 bridgehead atoms. The normalized spacial score (nSPS) is 17.6. The van der Waals surface area contributed by atoms with Gasteiger partial charge in [-0.1, -0.05) is 26.0 Å². The first-order chi connectivity index (χ1) is 11.4. The van der Waals surface area contributed by atoms with Crippen LogP contribution < -0.4 is 5.32 Å². The van der Waals surface area contributed by atoms with Gasteiger partial charge in [0.05, 0.1) is 19.1 Å². The van der Waals surface area contributed by atoms with E-state index < -0.39 is 12.0 Å². The molecule has 6 nitrogen and oxygen atoms in total. The average Bonchev–Trinajstić information content (AvgIpc) is 2.56. The molecule has 6 heteroatoms. The molecular formula is C18H24N2O4. The molecule has 24 heavy (non-hydrogen) atoms. The Morgan fingerprint density at radius 3 is 2.54 bits per heavy atom. The van der Waals surface area contributed by atoms with E-state index in [0.29, 0.717) is 31.0 Å². The van der Waals surface area contributed by atoms with Crippen molar-refractivity contribution in [3.63, 3.8) is 0 Å². The summed E-state index contributed by atoms with van der Waals surface area (Å²) in [7, 11) is 1.33. The zero-order chi connectivity index (χ0) is 17.7. The Hall–Kier alpha value is -2.37. The van der Waals surface area contributed by atoms with E-state index in [1.54, 1.807) is 29.2 Å². The fourth-order valence-electron chi connectivity index (χ4n) is 2.85. The van der Waals surface area contributed by atoms with Crippen LogP contribution in [0.5, 0.6) is 0 Å². The molecule has 0 radical (unpaired) electrons. The first-order valence-electron chi connectivity index (χ1n) is 8.16. The molecule has 2 rings (SSSR count). The monoisotopic (exact) mass is 332 g/mol. The molecule has 0 spiro atoms. The number of esters is 1. The summed E-state index contributed by atoms with van der Waals surface area (Å²) < 4.78 is 4.66. The molecule has 1 aliphatic heterocycles. The predicted molar refractivity (Wildman–Crippen MR) is 89.5 cm³/mol. The lowest BCUT2D eigenvalue weighted by Crippen LogP contribution is -2.57. The number of amides is 2. The zero-order valence-corrected chi connectivity index (χ0v) is 14.4. The van der Waals surface area contributed by atoms with Crippen LogP contribution >= 0.6 is 0 Å². The SMILES string of the molecule is COC(=O)c1ccc(CC(=O)N2CCNC(=O)[C@@H]2CC(C)C)cc1. The van der Waals surface area contributed by atoms with Crippen LogP contribution in [0, 0.1) is 5.92 Å². The molecule has 1 aromatic carbocycles. The fourth-order valence-corrected chi connectivity index (χ4v) is 2.85. The molecule has 0 unspecified atom stereocenters. The second-order valence-electron chi connectivity index (χ2n) is 6.39. The van der Waals surface area contributed by atoms with E-state index in [9.17, 15) is 14.4 Å². The molecule has 2 amide bonds. The maximum atomic E-state index is 12.6. The van der Waals surface area contributed by atoms with Crippen LogP contribution in [-0.4, -0.2) is 48.9 Å². The Bertz CT molecular complexity index is 610. The lowest BCUT2D eigenvalue weighted by Gasteiger charge is -2.36. The van der Waals surface area contributed by atoms with Gasteiger partial charge in [0, 0.05) is 13.1 Å². The largest absolute Gasteiger partial charge is 0.465 e. The number of benzene rings is 1. The van der Waals surface area contributed by atoms with Gasteiger partial charge in [0.25, 0.3) is 0 Å². The highest BCUT2D eigenvalue weighted by atomic mass is 16.5. The number of nitrogens with zero attached hydrogens (tertiary/aromatic N) is 1. The highest BCUT2D eigenvalue weighted by Crippen LogP contribution is 2.16. The van der Waals surface area contributed by atoms with Gasteiger partial charge >= 0.3 is 5.97 Å². The number of nitrogens with one attached hydrogen (secondary N) is 1. The van der Waals surface area contributed by atoms with Gasteiger partial charge in [-0.25, -0.2) is 4.79 Å². The molecule has 0 saturated carbocycles. The Labute approximate surface area is 142 Å². The number of hydrogen-bond donors (Lipinski definition) is 1. The number of methoxy groups -OCH3 is 1. The molecule has 1 heterocycles. The van der Waals surface area contributed by atoms with Gasteiger partial charge in [-0.15, -0.1) is 0 Å². The van der Waals surface area contributed by atoms with E-state index in [2.05, 4.69) is 10.1 Å². The summed E-state index contributed by atoms with van der Waals surface area (Å²) in [5, 5.41) is 2.83. The number of rotatable bonds is 5. The summed E-state index contributed by atoms with van der Waals surface area (Å²) in [4.78, 5) is 37.8. The smallest absolute Gasteiger partial charge is 0.337 e. The van der Waals surface area contributed by atoms with E-state index in [0.717, 1.165) is 5.56 Å². The third-order valence-electron chi connectivity index (χ3n) is 4.08. The number of carbonyl (C=O) groups excluding carboxylic acids is 3. The van der Waals surface area contributed by atoms with Crippen molar-refractivity contribution in [2.24, 2.45) is 5.92 Å². The van der Waals surface area contributed by atoms with E-state index in [4.69, 9.17) is 0 Å². The third kappa shape index (κ3) is 4.34.